The molecule has 0 amide bonds. The van der Waals surface area contributed by atoms with E-state index in [0.29, 0.717) is 34.5 Å². The van der Waals surface area contributed by atoms with Crippen molar-refractivity contribution in [1.29, 1.82) is 0 Å². The number of rotatable bonds is 9. The molecule has 0 fully saturated rings. The summed E-state index contributed by atoms with van der Waals surface area (Å²) in [4.78, 5) is 0. The largest absolute Gasteiger partial charge is 0.497 e. The molecule has 0 N–H and O–H groups in total. The predicted octanol–water partition coefficient (Wildman–Crippen LogP) is 6.66. The van der Waals surface area contributed by atoms with Gasteiger partial charge in [0.2, 0.25) is 5.75 Å². The van der Waals surface area contributed by atoms with Gasteiger partial charge in [-0.1, -0.05) is 0 Å². The van der Waals surface area contributed by atoms with Gasteiger partial charge in [0.25, 0.3) is 0 Å². The lowest BCUT2D eigenvalue weighted by molar-refractivity contribution is 0.318. The van der Waals surface area contributed by atoms with Crippen LogP contribution in [-0.4, -0.2) is 64.0 Å². The Labute approximate surface area is 241 Å². The van der Waals surface area contributed by atoms with Crippen LogP contribution in [0, 0.1) is 0 Å². The third-order valence-electron chi connectivity index (χ3n) is 4.88. The van der Waals surface area contributed by atoms with Gasteiger partial charge in [0.1, 0.15) is 23.0 Å². The van der Waals surface area contributed by atoms with Crippen molar-refractivity contribution in [1.82, 2.24) is 0 Å². The van der Waals surface area contributed by atoms with Crippen molar-refractivity contribution in [3.8, 4) is 51.7 Å². The average molecular weight is 662 g/mol. The third-order valence-corrected chi connectivity index (χ3v) is 6.05. The van der Waals surface area contributed by atoms with Crippen LogP contribution in [0.15, 0.2) is 51.4 Å². The van der Waals surface area contributed by atoms with Gasteiger partial charge >= 0.3 is 0 Å². The second kappa shape index (κ2) is 17.4. The topological polar surface area (TPSA) is 83.1 Å². The summed E-state index contributed by atoms with van der Waals surface area (Å²) in [6.07, 6.45) is 0. The van der Waals surface area contributed by atoms with Gasteiger partial charge in [0.05, 0.1) is 72.9 Å². The fourth-order valence-electron chi connectivity index (χ4n) is 2.97. The van der Waals surface area contributed by atoms with E-state index < -0.39 is 0 Å². The second-order valence-electron chi connectivity index (χ2n) is 6.91. The Morgan fingerprint density at radius 3 is 1.13 bits per heavy atom. The number of benzene rings is 3. The van der Waals surface area contributed by atoms with E-state index in [1.54, 1.807) is 88.3 Å². The molecular weight excluding hydrogens is 628 g/mol. The zero-order chi connectivity index (χ0) is 28.7. The van der Waals surface area contributed by atoms with E-state index in [0.717, 1.165) is 26.2 Å². The standard InChI is InChI=1S/C10H14O4.C9H12O3.C8H8Br2O2/c1-11-7-5-8(12-2)10(14-4)9(6-7)13-3;1-10-7-4-5-8(11-2)9(6-7)12-3;1-11-5-3-6(9)8(12-2)7(10)4-5/h5-6H,1-4H3;4-6H,1-3H3;3-4H,1-2H3. The number of hydrogen-bond acceptors (Lipinski definition) is 9. The van der Waals surface area contributed by atoms with Crippen LogP contribution in [0.2, 0.25) is 0 Å². The zero-order valence-electron chi connectivity index (χ0n) is 23.0. The molecule has 0 aliphatic carbocycles. The van der Waals surface area contributed by atoms with Gasteiger partial charge < -0.3 is 42.6 Å². The van der Waals surface area contributed by atoms with Crippen molar-refractivity contribution in [2.75, 3.05) is 64.0 Å². The minimum atomic E-state index is 0.566. The van der Waals surface area contributed by atoms with Gasteiger partial charge in [-0.3, -0.25) is 0 Å². The van der Waals surface area contributed by atoms with Crippen LogP contribution in [-0.2, 0) is 0 Å². The summed E-state index contributed by atoms with van der Waals surface area (Å²) in [6.45, 7) is 0. The van der Waals surface area contributed by atoms with Crippen molar-refractivity contribution in [2.24, 2.45) is 0 Å². The Bertz CT molecular complexity index is 1090. The average Bonchev–Trinajstić information content (AvgIpc) is 2.96. The first kappa shape index (κ1) is 32.8. The highest BCUT2D eigenvalue weighted by Crippen LogP contribution is 2.40. The Morgan fingerprint density at radius 2 is 0.763 bits per heavy atom. The van der Waals surface area contributed by atoms with Crippen LogP contribution < -0.4 is 42.6 Å². The molecule has 0 spiro atoms. The molecule has 38 heavy (non-hydrogen) atoms. The highest BCUT2D eigenvalue weighted by molar-refractivity contribution is 9.11. The molecule has 3 rings (SSSR count). The summed E-state index contributed by atoms with van der Waals surface area (Å²) in [7, 11) is 14.3. The van der Waals surface area contributed by atoms with E-state index in [2.05, 4.69) is 31.9 Å². The first-order valence-electron chi connectivity index (χ1n) is 10.9. The first-order valence-corrected chi connectivity index (χ1v) is 12.5. The maximum Gasteiger partial charge on any atom is 0.203 e. The van der Waals surface area contributed by atoms with Crippen LogP contribution in [0.1, 0.15) is 0 Å². The number of hydrogen-bond donors (Lipinski definition) is 0. The first-order chi connectivity index (χ1) is 18.3. The molecule has 0 radical (unpaired) electrons. The Morgan fingerprint density at radius 1 is 0.368 bits per heavy atom. The van der Waals surface area contributed by atoms with Gasteiger partial charge in [-0.25, -0.2) is 0 Å². The molecule has 0 saturated heterocycles. The molecule has 0 bridgehead atoms. The van der Waals surface area contributed by atoms with Gasteiger partial charge in [-0.2, -0.15) is 0 Å². The normalized spacial score (nSPS) is 9.45. The number of ether oxygens (including phenoxy) is 9. The molecule has 0 aliphatic rings. The summed E-state index contributed by atoms with van der Waals surface area (Å²) >= 11 is 6.73. The molecule has 0 aliphatic heterocycles. The smallest absolute Gasteiger partial charge is 0.203 e. The fourth-order valence-corrected chi connectivity index (χ4v) is 4.44. The summed E-state index contributed by atoms with van der Waals surface area (Å²) in [5, 5.41) is 0. The third kappa shape index (κ3) is 9.29. The molecule has 0 unspecified atom stereocenters. The minimum absolute atomic E-state index is 0.566. The van der Waals surface area contributed by atoms with Crippen LogP contribution in [0.5, 0.6) is 51.7 Å². The van der Waals surface area contributed by atoms with Gasteiger partial charge in [-0.05, 0) is 56.1 Å². The zero-order valence-corrected chi connectivity index (χ0v) is 26.1. The molecule has 0 aromatic heterocycles. The van der Waals surface area contributed by atoms with Crippen molar-refractivity contribution in [3.63, 3.8) is 0 Å². The van der Waals surface area contributed by atoms with Crippen molar-refractivity contribution >= 4 is 31.9 Å². The molecule has 0 heterocycles. The van der Waals surface area contributed by atoms with Gasteiger partial charge in [-0.15, -0.1) is 0 Å². The molecule has 3 aromatic carbocycles. The van der Waals surface area contributed by atoms with Gasteiger partial charge in [0.15, 0.2) is 23.0 Å². The lowest BCUT2D eigenvalue weighted by Gasteiger charge is -2.13. The van der Waals surface area contributed by atoms with Crippen LogP contribution >= 0.6 is 31.9 Å². The maximum absolute atomic E-state index is 5.15. The number of methoxy groups -OCH3 is 9. The minimum Gasteiger partial charge on any atom is -0.497 e. The summed E-state index contributed by atoms with van der Waals surface area (Å²) in [5.41, 5.74) is 0. The SMILES string of the molecule is COc1cc(Br)c(OC)c(Br)c1.COc1cc(OC)c(OC)c(OC)c1.COc1ccc(OC)c(OC)c1. The highest BCUT2D eigenvalue weighted by atomic mass is 79.9. The predicted molar refractivity (Wildman–Crippen MR) is 154 cm³/mol. The van der Waals surface area contributed by atoms with Crippen LogP contribution in [0.4, 0.5) is 0 Å². The monoisotopic (exact) mass is 660 g/mol. The maximum atomic E-state index is 5.15. The van der Waals surface area contributed by atoms with Crippen molar-refractivity contribution in [2.45, 2.75) is 0 Å². The van der Waals surface area contributed by atoms with Crippen molar-refractivity contribution < 1.29 is 42.6 Å². The molecular formula is C27H34Br2O9. The van der Waals surface area contributed by atoms with E-state index >= 15 is 0 Å². The summed E-state index contributed by atoms with van der Waals surface area (Å²) in [6, 6.07) is 12.6. The highest BCUT2D eigenvalue weighted by Gasteiger charge is 2.13. The molecule has 9 nitrogen and oxygen atoms in total. The Balaban J connectivity index is 0.000000286. The molecule has 3 aromatic rings. The molecule has 210 valence electrons. The van der Waals surface area contributed by atoms with E-state index in [1.807, 2.05) is 18.2 Å². The van der Waals surface area contributed by atoms with Crippen molar-refractivity contribution in [3.05, 3.63) is 51.4 Å². The molecule has 0 atom stereocenters. The molecule has 0 saturated carbocycles. The van der Waals surface area contributed by atoms with E-state index in [4.69, 9.17) is 42.6 Å². The second-order valence-corrected chi connectivity index (χ2v) is 8.62. The van der Waals surface area contributed by atoms with Crippen LogP contribution in [0.3, 0.4) is 0 Å². The van der Waals surface area contributed by atoms with Gasteiger partial charge in [0, 0.05) is 18.2 Å². The Kier molecular flexibility index (Phi) is 15.0. The van der Waals surface area contributed by atoms with E-state index in [1.165, 1.54) is 0 Å². The molecule has 11 heteroatoms. The lowest BCUT2D eigenvalue weighted by Crippen LogP contribution is -1.95. The fraction of sp³-hybridized carbons (Fsp3) is 0.333. The Hall–Kier alpha value is -3.18. The van der Waals surface area contributed by atoms with E-state index in [-0.39, 0.29) is 0 Å². The lowest BCUT2D eigenvalue weighted by atomic mass is 10.2. The summed E-state index contributed by atoms with van der Waals surface area (Å²) < 4.78 is 47.6. The quantitative estimate of drug-likeness (QED) is 0.250. The summed E-state index contributed by atoms with van der Waals surface area (Å²) in [5.74, 6) is 6.11. The van der Waals surface area contributed by atoms with Crippen LogP contribution in [0.25, 0.3) is 0 Å². The number of halogens is 2. The van der Waals surface area contributed by atoms with E-state index in [9.17, 15) is 0 Å².